The summed E-state index contributed by atoms with van der Waals surface area (Å²) < 4.78 is 46.0. The van der Waals surface area contributed by atoms with Crippen LogP contribution < -0.4 is 24.8 Å². The normalized spacial score (nSPS) is 29.2. The van der Waals surface area contributed by atoms with Crippen molar-refractivity contribution in [3.8, 4) is 11.8 Å². The zero-order valence-electron chi connectivity index (χ0n) is 32.9. The number of alkyl carbamates (subject to hydrolysis) is 1. The number of allylic oxidation sites excluding steroid dienone is 1. The first-order valence-electron chi connectivity index (χ1n) is 19.6. The number of nitrogens with one attached hydrogen (secondary N) is 3. The molecule has 14 nitrogen and oxygen atoms in total. The third kappa shape index (κ3) is 9.53. The minimum absolute atomic E-state index is 0.00385. The lowest BCUT2D eigenvalue weighted by atomic mass is 9.88. The molecule has 1 aromatic carbocycles. The van der Waals surface area contributed by atoms with Gasteiger partial charge < -0.3 is 29.7 Å². The van der Waals surface area contributed by atoms with Gasteiger partial charge in [-0.05, 0) is 89.7 Å². The number of carbonyl (C=O) groups excluding carboxylic acids is 4. The second kappa shape index (κ2) is 16.4. The second-order valence-electron chi connectivity index (χ2n) is 16.8. The minimum Gasteiger partial charge on any atom is -0.478 e. The molecule has 6 rings (SSSR count). The van der Waals surface area contributed by atoms with Crippen LogP contribution in [0.3, 0.4) is 0 Å². The maximum Gasteiger partial charge on any atom is 0.408 e. The molecule has 7 atom stereocenters. The van der Waals surface area contributed by atoms with Crippen LogP contribution in [0.1, 0.15) is 92.9 Å². The fourth-order valence-corrected chi connectivity index (χ4v) is 9.24. The predicted octanol–water partition coefficient (Wildman–Crippen LogP) is 5.41. The molecule has 2 aromatic rings. The summed E-state index contributed by atoms with van der Waals surface area (Å²) in [5.74, 6) is -2.13. The van der Waals surface area contributed by atoms with E-state index in [1.165, 1.54) is 4.90 Å². The van der Waals surface area contributed by atoms with Crippen molar-refractivity contribution in [1.29, 1.82) is 0 Å². The van der Waals surface area contributed by atoms with E-state index in [0.717, 1.165) is 12.8 Å². The molecule has 3 heterocycles. The van der Waals surface area contributed by atoms with Gasteiger partial charge in [-0.2, -0.15) is 4.98 Å². The van der Waals surface area contributed by atoms with Gasteiger partial charge in [0, 0.05) is 34.2 Å². The highest BCUT2D eigenvalue weighted by Gasteiger charge is 2.62. The van der Waals surface area contributed by atoms with Crippen LogP contribution in [0.4, 0.5) is 4.79 Å². The summed E-state index contributed by atoms with van der Waals surface area (Å²) in [6, 6.07) is 4.83. The number of hydrogen-bond acceptors (Lipinski definition) is 10. The molecule has 0 radical (unpaired) electrons. The molecule has 3 N–H and O–H groups in total. The average molecular weight is 816 g/mol. The smallest absolute Gasteiger partial charge is 0.408 e. The van der Waals surface area contributed by atoms with Crippen molar-refractivity contribution >= 4 is 56.2 Å². The van der Waals surface area contributed by atoms with E-state index in [1.54, 1.807) is 39.0 Å². The summed E-state index contributed by atoms with van der Waals surface area (Å²) in [5, 5.41) is 6.78. The molecular weight excluding hydrogens is 762 g/mol. The molecular formula is C40H54ClN5O9S. The van der Waals surface area contributed by atoms with Gasteiger partial charge in [0.1, 0.15) is 29.3 Å². The Kier molecular flexibility index (Phi) is 12.2. The van der Waals surface area contributed by atoms with Crippen LogP contribution in [0.2, 0.25) is 5.02 Å². The number of benzene rings is 1. The molecule has 2 aliphatic carbocycles. The van der Waals surface area contributed by atoms with Gasteiger partial charge in [0.05, 0.1) is 18.4 Å². The second-order valence-corrected chi connectivity index (χ2v) is 19.2. The van der Waals surface area contributed by atoms with E-state index < -0.39 is 74.3 Å². The van der Waals surface area contributed by atoms with E-state index in [-0.39, 0.29) is 37.1 Å². The van der Waals surface area contributed by atoms with E-state index in [1.807, 2.05) is 32.1 Å². The van der Waals surface area contributed by atoms with Gasteiger partial charge in [-0.3, -0.25) is 19.1 Å². The number of pyridine rings is 1. The number of fused-ring (bicyclic) bond motifs is 3. The lowest BCUT2D eigenvalue weighted by molar-refractivity contribution is -0.142. The first-order valence-corrected chi connectivity index (χ1v) is 21.6. The van der Waals surface area contributed by atoms with Crippen molar-refractivity contribution in [2.45, 2.75) is 127 Å². The third-order valence-electron chi connectivity index (χ3n) is 10.8. The predicted molar refractivity (Wildman–Crippen MR) is 211 cm³/mol. The van der Waals surface area contributed by atoms with E-state index in [4.69, 9.17) is 25.8 Å². The molecule has 16 heteroatoms. The summed E-state index contributed by atoms with van der Waals surface area (Å²) >= 11 is 6.59. The zero-order chi connectivity index (χ0) is 40.6. The molecule has 0 unspecified atom stereocenters. The Morgan fingerprint density at radius 3 is 2.55 bits per heavy atom. The standard InChI is InChI=1S/C40H54ClN5O9S/c1-7-17-53-32-20-29-28(13-10-14-30(29)41)35(42-32)54-26-19-31-34(47)44-40(37(49)45-56(51,52)27-15-16-27)21-25(40)12-9-8-11-23(2)18-24(3)33(36(48)46(31)22-26)43-38(50)55-39(4,5)6/h9-10,12-14,20,23-27,31,33H,7-8,11,15-19,21-22H2,1-6H3,(H,43,50)(H,44,47)(H,45,49)/b12-9-/t23-,24-,25-,26-,31+,33+,40-/m1/s1. The van der Waals surface area contributed by atoms with Gasteiger partial charge in [-0.15, -0.1) is 0 Å². The van der Waals surface area contributed by atoms with Gasteiger partial charge in [0.25, 0.3) is 5.91 Å². The van der Waals surface area contributed by atoms with Crippen LogP contribution in [0.25, 0.3) is 10.8 Å². The Bertz CT molecular complexity index is 1980. The molecule has 3 fully saturated rings. The number of carbonyl (C=O) groups is 4. The lowest BCUT2D eigenvalue weighted by Gasteiger charge is -2.33. The highest BCUT2D eigenvalue weighted by molar-refractivity contribution is 7.91. The van der Waals surface area contributed by atoms with E-state index in [2.05, 4.69) is 27.3 Å². The number of amides is 4. The third-order valence-corrected chi connectivity index (χ3v) is 12.9. The zero-order valence-corrected chi connectivity index (χ0v) is 34.5. The Hall–Kier alpha value is -4.11. The van der Waals surface area contributed by atoms with Crippen LogP contribution in [-0.2, 0) is 29.1 Å². The first kappa shape index (κ1) is 41.5. The molecule has 1 aromatic heterocycles. The van der Waals surface area contributed by atoms with Crippen LogP contribution >= 0.6 is 11.6 Å². The largest absolute Gasteiger partial charge is 0.478 e. The molecule has 4 amide bonds. The summed E-state index contributed by atoms with van der Waals surface area (Å²) in [6.07, 6.45) is 6.16. The van der Waals surface area contributed by atoms with Gasteiger partial charge in [0.15, 0.2) is 0 Å². The number of rotatable bonds is 9. The number of nitrogens with zero attached hydrogens (tertiary/aromatic N) is 2. The fraction of sp³-hybridized carbons (Fsp3) is 0.625. The minimum atomic E-state index is -3.91. The van der Waals surface area contributed by atoms with Crippen LogP contribution in [0.5, 0.6) is 11.8 Å². The van der Waals surface area contributed by atoms with Crippen molar-refractivity contribution in [3.05, 3.63) is 41.4 Å². The Morgan fingerprint density at radius 2 is 1.86 bits per heavy atom. The number of sulfonamides is 1. The highest BCUT2D eigenvalue weighted by Crippen LogP contribution is 2.46. The van der Waals surface area contributed by atoms with Gasteiger partial charge >= 0.3 is 6.09 Å². The van der Waals surface area contributed by atoms with Crippen molar-refractivity contribution in [3.63, 3.8) is 0 Å². The van der Waals surface area contributed by atoms with E-state index in [0.29, 0.717) is 54.0 Å². The quantitative estimate of drug-likeness (QED) is 0.277. The van der Waals surface area contributed by atoms with Gasteiger partial charge in [0.2, 0.25) is 33.6 Å². The molecule has 306 valence electrons. The SMILES string of the molecule is CCCOc1cc2c(Cl)cccc2c(O[C@@H]2C[C@H]3C(=O)N[C@]4(C(=O)NS(=O)(=O)C5CC5)C[C@H]4/C=C\CC[C@@H](C)C[C@@H](C)[C@H](NC(=O)OC(C)(C)C)C(=O)N3C2)n1. The Balaban J connectivity index is 1.36. The van der Waals surface area contributed by atoms with Crippen molar-refractivity contribution in [1.82, 2.24) is 25.2 Å². The summed E-state index contributed by atoms with van der Waals surface area (Å²) in [7, 11) is -3.91. The fourth-order valence-electron chi connectivity index (χ4n) is 7.65. The van der Waals surface area contributed by atoms with Crippen LogP contribution in [0, 0.1) is 17.8 Å². The number of aromatic nitrogens is 1. The maximum absolute atomic E-state index is 14.8. The molecule has 1 saturated heterocycles. The van der Waals surface area contributed by atoms with Crippen molar-refractivity contribution < 1.29 is 41.8 Å². The number of hydrogen-bond donors (Lipinski definition) is 3. The Morgan fingerprint density at radius 1 is 1.11 bits per heavy atom. The van der Waals surface area contributed by atoms with E-state index in [9.17, 15) is 27.6 Å². The molecule has 4 aliphatic rings. The lowest BCUT2D eigenvalue weighted by Crippen LogP contribution is -2.59. The number of halogens is 1. The monoisotopic (exact) mass is 815 g/mol. The molecule has 56 heavy (non-hydrogen) atoms. The average Bonchev–Trinajstić information content (AvgIpc) is 4.04. The topological polar surface area (TPSA) is 182 Å². The summed E-state index contributed by atoms with van der Waals surface area (Å²) in [6.45, 7) is 11.5. The Labute approximate surface area is 333 Å². The first-order chi connectivity index (χ1) is 26.4. The van der Waals surface area contributed by atoms with Crippen molar-refractivity contribution in [2.75, 3.05) is 13.2 Å². The molecule has 2 saturated carbocycles. The molecule has 2 aliphatic heterocycles. The summed E-state index contributed by atoms with van der Waals surface area (Å²) in [4.78, 5) is 62.4. The molecule has 0 bridgehead atoms. The number of ether oxygens (including phenoxy) is 3. The van der Waals surface area contributed by atoms with Gasteiger partial charge in [-0.1, -0.05) is 50.6 Å². The highest BCUT2D eigenvalue weighted by atomic mass is 35.5. The maximum atomic E-state index is 14.8. The molecule has 0 spiro atoms. The summed E-state index contributed by atoms with van der Waals surface area (Å²) in [5.41, 5.74) is -2.36. The van der Waals surface area contributed by atoms with Crippen LogP contribution in [-0.4, -0.2) is 89.8 Å². The van der Waals surface area contributed by atoms with Gasteiger partial charge in [-0.25, -0.2) is 13.2 Å². The van der Waals surface area contributed by atoms with Crippen LogP contribution in [0.15, 0.2) is 36.4 Å². The van der Waals surface area contributed by atoms with E-state index >= 15 is 0 Å². The van der Waals surface area contributed by atoms with Crippen molar-refractivity contribution in [2.24, 2.45) is 17.8 Å².